The molecule has 2 aliphatic rings. The van der Waals surface area contributed by atoms with E-state index >= 15 is 0 Å². The SMILES string of the molecule is CC1(NC(=O)C2CCCCC2(C)C)CCNC1. The lowest BCUT2D eigenvalue weighted by Gasteiger charge is -2.39. The van der Waals surface area contributed by atoms with Crippen molar-refractivity contribution in [2.24, 2.45) is 11.3 Å². The molecule has 2 unspecified atom stereocenters. The molecule has 1 saturated heterocycles. The molecule has 0 spiro atoms. The molecule has 3 heteroatoms. The van der Waals surface area contributed by atoms with Gasteiger partial charge in [-0.3, -0.25) is 4.79 Å². The number of hydrogen-bond donors (Lipinski definition) is 2. The molecular formula is C14H26N2O. The molecule has 2 fully saturated rings. The Bertz CT molecular complexity index is 293. The van der Waals surface area contributed by atoms with E-state index in [4.69, 9.17) is 0 Å². The zero-order valence-electron chi connectivity index (χ0n) is 11.4. The highest BCUT2D eigenvalue weighted by Gasteiger charge is 2.40. The largest absolute Gasteiger partial charge is 0.349 e. The van der Waals surface area contributed by atoms with Crippen LogP contribution in [0.2, 0.25) is 0 Å². The second-order valence-electron chi connectivity index (χ2n) is 6.76. The molecular weight excluding hydrogens is 212 g/mol. The van der Waals surface area contributed by atoms with Crippen LogP contribution >= 0.6 is 0 Å². The molecule has 0 aromatic rings. The van der Waals surface area contributed by atoms with Crippen molar-refractivity contribution < 1.29 is 4.79 Å². The molecule has 17 heavy (non-hydrogen) atoms. The lowest BCUT2D eigenvalue weighted by atomic mass is 9.68. The van der Waals surface area contributed by atoms with Gasteiger partial charge in [-0.05, 0) is 38.1 Å². The smallest absolute Gasteiger partial charge is 0.224 e. The van der Waals surface area contributed by atoms with Gasteiger partial charge in [0.05, 0.1) is 5.54 Å². The van der Waals surface area contributed by atoms with Crippen molar-refractivity contribution in [2.45, 2.75) is 58.4 Å². The first-order valence-corrected chi connectivity index (χ1v) is 6.96. The molecule has 1 amide bonds. The highest BCUT2D eigenvalue weighted by Crippen LogP contribution is 2.40. The van der Waals surface area contributed by atoms with E-state index in [1.54, 1.807) is 0 Å². The number of carbonyl (C=O) groups is 1. The van der Waals surface area contributed by atoms with Crippen molar-refractivity contribution in [3.63, 3.8) is 0 Å². The van der Waals surface area contributed by atoms with Gasteiger partial charge in [-0.25, -0.2) is 0 Å². The average molecular weight is 238 g/mol. The van der Waals surface area contributed by atoms with Crippen LogP contribution in [0, 0.1) is 11.3 Å². The molecule has 0 bridgehead atoms. The summed E-state index contributed by atoms with van der Waals surface area (Å²) < 4.78 is 0. The van der Waals surface area contributed by atoms with Crippen LogP contribution in [-0.2, 0) is 4.79 Å². The monoisotopic (exact) mass is 238 g/mol. The van der Waals surface area contributed by atoms with Gasteiger partial charge < -0.3 is 10.6 Å². The van der Waals surface area contributed by atoms with Gasteiger partial charge in [0.25, 0.3) is 0 Å². The Labute approximate surface area is 105 Å². The van der Waals surface area contributed by atoms with Crippen LogP contribution in [0.3, 0.4) is 0 Å². The first-order valence-electron chi connectivity index (χ1n) is 6.96. The van der Waals surface area contributed by atoms with E-state index in [9.17, 15) is 4.79 Å². The summed E-state index contributed by atoms with van der Waals surface area (Å²) >= 11 is 0. The maximum atomic E-state index is 12.4. The number of rotatable bonds is 2. The molecule has 2 atom stereocenters. The standard InChI is InChI=1S/C14H26N2O/c1-13(2)7-5-4-6-11(13)12(17)16-14(3)8-9-15-10-14/h11,15H,4-10H2,1-3H3,(H,16,17). The zero-order chi connectivity index (χ0) is 12.5. The molecule has 0 aromatic carbocycles. The molecule has 2 N–H and O–H groups in total. The van der Waals surface area contributed by atoms with Gasteiger partial charge >= 0.3 is 0 Å². The minimum absolute atomic E-state index is 0.0232. The second kappa shape index (κ2) is 4.60. The number of carbonyl (C=O) groups excluding carboxylic acids is 1. The summed E-state index contributed by atoms with van der Waals surface area (Å²) in [5.74, 6) is 0.481. The second-order valence-corrected chi connectivity index (χ2v) is 6.76. The summed E-state index contributed by atoms with van der Waals surface area (Å²) in [4.78, 5) is 12.4. The quantitative estimate of drug-likeness (QED) is 0.773. The molecule has 2 rings (SSSR count). The third-order valence-electron chi connectivity index (χ3n) is 4.62. The zero-order valence-corrected chi connectivity index (χ0v) is 11.4. The fourth-order valence-electron chi connectivity index (χ4n) is 3.29. The van der Waals surface area contributed by atoms with Crippen LogP contribution < -0.4 is 10.6 Å². The summed E-state index contributed by atoms with van der Waals surface area (Å²) in [5.41, 5.74) is 0.148. The van der Waals surface area contributed by atoms with Crippen molar-refractivity contribution in [3.8, 4) is 0 Å². The maximum absolute atomic E-state index is 12.4. The van der Waals surface area contributed by atoms with E-state index in [0.29, 0.717) is 0 Å². The summed E-state index contributed by atoms with van der Waals surface area (Å²) in [6.07, 6.45) is 5.76. The van der Waals surface area contributed by atoms with E-state index in [1.165, 1.54) is 19.3 Å². The fraction of sp³-hybridized carbons (Fsp3) is 0.929. The third kappa shape index (κ3) is 2.82. The van der Waals surface area contributed by atoms with Gasteiger partial charge in [0.15, 0.2) is 0 Å². The summed E-state index contributed by atoms with van der Waals surface area (Å²) in [6.45, 7) is 8.56. The maximum Gasteiger partial charge on any atom is 0.224 e. The third-order valence-corrected chi connectivity index (χ3v) is 4.62. The normalized spacial score (nSPS) is 36.8. The summed E-state index contributed by atoms with van der Waals surface area (Å²) in [7, 11) is 0. The molecule has 1 heterocycles. The van der Waals surface area contributed by atoms with Crippen molar-refractivity contribution in [3.05, 3.63) is 0 Å². The van der Waals surface area contributed by atoms with Crippen LogP contribution in [0.15, 0.2) is 0 Å². The van der Waals surface area contributed by atoms with Gasteiger partial charge in [-0.15, -0.1) is 0 Å². The molecule has 1 saturated carbocycles. The van der Waals surface area contributed by atoms with Gasteiger partial charge in [0, 0.05) is 12.5 Å². The van der Waals surface area contributed by atoms with Crippen molar-refractivity contribution in [1.29, 1.82) is 0 Å². The van der Waals surface area contributed by atoms with E-state index < -0.39 is 0 Å². The first kappa shape index (κ1) is 12.9. The Morgan fingerprint density at radius 1 is 1.24 bits per heavy atom. The molecule has 98 valence electrons. The Morgan fingerprint density at radius 3 is 2.59 bits per heavy atom. The van der Waals surface area contributed by atoms with E-state index in [2.05, 4.69) is 31.4 Å². The Kier molecular flexibility index (Phi) is 3.48. The number of hydrogen-bond acceptors (Lipinski definition) is 2. The fourth-order valence-corrected chi connectivity index (χ4v) is 3.29. The van der Waals surface area contributed by atoms with E-state index in [1.807, 2.05) is 0 Å². The molecule has 3 nitrogen and oxygen atoms in total. The lowest BCUT2D eigenvalue weighted by Crippen LogP contribution is -2.52. The highest BCUT2D eigenvalue weighted by atomic mass is 16.2. The summed E-state index contributed by atoms with van der Waals surface area (Å²) in [6, 6.07) is 0. The minimum Gasteiger partial charge on any atom is -0.349 e. The Hall–Kier alpha value is -0.570. The number of nitrogens with one attached hydrogen (secondary N) is 2. The Morgan fingerprint density at radius 2 is 2.00 bits per heavy atom. The molecule has 0 radical (unpaired) electrons. The van der Waals surface area contributed by atoms with E-state index in [0.717, 1.165) is 25.9 Å². The van der Waals surface area contributed by atoms with Gasteiger partial charge in [0.2, 0.25) is 5.91 Å². The minimum atomic E-state index is -0.0232. The van der Waals surface area contributed by atoms with Crippen molar-refractivity contribution in [1.82, 2.24) is 10.6 Å². The predicted molar refractivity (Wildman–Crippen MR) is 69.8 cm³/mol. The predicted octanol–water partition coefficient (Wildman–Crippen LogP) is 2.07. The van der Waals surface area contributed by atoms with Gasteiger partial charge in [-0.2, -0.15) is 0 Å². The van der Waals surface area contributed by atoms with Gasteiger partial charge in [0.1, 0.15) is 0 Å². The van der Waals surface area contributed by atoms with Crippen LogP contribution in [0.5, 0.6) is 0 Å². The Balaban J connectivity index is 1.99. The van der Waals surface area contributed by atoms with E-state index in [-0.39, 0.29) is 22.8 Å². The molecule has 1 aliphatic heterocycles. The van der Waals surface area contributed by atoms with Crippen molar-refractivity contribution in [2.75, 3.05) is 13.1 Å². The van der Waals surface area contributed by atoms with Crippen LogP contribution in [0.25, 0.3) is 0 Å². The average Bonchev–Trinajstić information content (AvgIpc) is 2.63. The van der Waals surface area contributed by atoms with Crippen molar-refractivity contribution >= 4 is 5.91 Å². The van der Waals surface area contributed by atoms with Gasteiger partial charge in [-0.1, -0.05) is 26.7 Å². The number of amides is 1. The van der Waals surface area contributed by atoms with Crippen LogP contribution in [0.4, 0.5) is 0 Å². The van der Waals surface area contributed by atoms with Crippen LogP contribution in [0.1, 0.15) is 52.9 Å². The highest BCUT2D eigenvalue weighted by molar-refractivity contribution is 5.80. The first-order chi connectivity index (χ1) is 7.93. The topological polar surface area (TPSA) is 41.1 Å². The molecule has 1 aliphatic carbocycles. The molecule has 0 aromatic heterocycles. The lowest BCUT2D eigenvalue weighted by molar-refractivity contribution is -0.131. The van der Waals surface area contributed by atoms with Crippen LogP contribution in [-0.4, -0.2) is 24.5 Å². The summed E-state index contributed by atoms with van der Waals surface area (Å²) in [5, 5.41) is 6.61.